The number of ether oxygens (including phenoxy) is 1. The molecule has 0 bridgehead atoms. The van der Waals surface area contributed by atoms with Crippen LogP contribution < -0.4 is 0 Å². The minimum atomic E-state index is -0.0913. The number of rotatable bonds is 5. The van der Waals surface area contributed by atoms with Gasteiger partial charge in [-0.2, -0.15) is 0 Å². The van der Waals surface area contributed by atoms with E-state index in [1.54, 1.807) is 0 Å². The summed E-state index contributed by atoms with van der Waals surface area (Å²) in [6.07, 6.45) is 6.48. The molecule has 0 radical (unpaired) electrons. The van der Waals surface area contributed by atoms with Crippen molar-refractivity contribution in [2.45, 2.75) is 46.5 Å². The Morgan fingerprint density at radius 2 is 2.21 bits per heavy atom. The van der Waals surface area contributed by atoms with E-state index in [0.29, 0.717) is 5.92 Å². The van der Waals surface area contributed by atoms with Gasteiger partial charge in [0.05, 0.1) is 5.92 Å². The Bertz CT molecular complexity index is 230. The summed E-state index contributed by atoms with van der Waals surface area (Å²) >= 11 is 0. The maximum absolute atomic E-state index is 11.1. The molecule has 0 saturated carbocycles. The molecule has 1 aliphatic rings. The molecule has 0 saturated heterocycles. The van der Waals surface area contributed by atoms with E-state index >= 15 is 0 Å². The zero-order valence-corrected chi connectivity index (χ0v) is 9.38. The van der Waals surface area contributed by atoms with E-state index in [1.165, 1.54) is 12.8 Å². The summed E-state index contributed by atoms with van der Waals surface area (Å²) in [7, 11) is 0. The second kappa shape index (κ2) is 5.18. The molecule has 2 unspecified atom stereocenters. The van der Waals surface area contributed by atoms with Crippen LogP contribution in [0.1, 0.15) is 46.5 Å². The van der Waals surface area contributed by atoms with Crippen LogP contribution in [0.3, 0.4) is 0 Å². The Labute approximate surface area is 86.3 Å². The molecule has 0 aromatic heterocycles. The fraction of sp³-hybridized carbons (Fsp3) is 0.750. The summed E-state index contributed by atoms with van der Waals surface area (Å²) in [5.74, 6) is 1.43. The lowest BCUT2D eigenvalue weighted by Crippen LogP contribution is -2.05. The molecule has 0 N–H and O–H groups in total. The van der Waals surface area contributed by atoms with Gasteiger partial charge < -0.3 is 4.74 Å². The van der Waals surface area contributed by atoms with Gasteiger partial charge in [0.1, 0.15) is 5.76 Å². The zero-order valence-electron chi connectivity index (χ0n) is 9.38. The van der Waals surface area contributed by atoms with Gasteiger partial charge in [-0.05, 0) is 18.9 Å². The number of esters is 1. The highest BCUT2D eigenvalue weighted by Gasteiger charge is 2.24. The van der Waals surface area contributed by atoms with Gasteiger partial charge in [-0.3, -0.25) is 4.79 Å². The minimum Gasteiger partial charge on any atom is -0.431 e. The van der Waals surface area contributed by atoms with Crippen molar-refractivity contribution < 1.29 is 9.53 Å². The van der Waals surface area contributed by atoms with Gasteiger partial charge in [0.2, 0.25) is 0 Å². The van der Waals surface area contributed by atoms with Crippen molar-refractivity contribution >= 4 is 5.97 Å². The second-order valence-corrected chi connectivity index (χ2v) is 4.11. The molecule has 14 heavy (non-hydrogen) atoms. The maximum Gasteiger partial charge on any atom is 0.317 e. The predicted octanol–water partition coefficient (Wildman–Crippen LogP) is 3.28. The first-order valence-corrected chi connectivity index (χ1v) is 5.59. The van der Waals surface area contributed by atoms with E-state index < -0.39 is 0 Å². The van der Waals surface area contributed by atoms with Gasteiger partial charge in [0.15, 0.2) is 0 Å². The van der Waals surface area contributed by atoms with Gasteiger partial charge >= 0.3 is 5.97 Å². The highest BCUT2D eigenvalue weighted by molar-refractivity contribution is 5.77. The molecule has 0 aromatic rings. The molecule has 0 spiro atoms. The summed E-state index contributed by atoms with van der Waals surface area (Å²) in [6.45, 7) is 6.28. The standard InChI is InChI=1S/C12H20O2/c1-4-6-10(5-2)8-11-7-9(3)12(13)14-11/h7,9-10H,4-6,8H2,1-3H3. The van der Waals surface area contributed by atoms with Crippen LogP contribution in [0.4, 0.5) is 0 Å². The van der Waals surface area contributed by atoms with Crippen LogP contribution in [0.5, 0.6) is 0 Å². The summed E-state index contributed by atoms with van der Waals surface area (Å²) < 4.78 is 5.17. The van der Waals surface area contributed by atoms with E-state index in [1.807, 2.05) is 13.0 Å². The average Bonchev–Trinajstić information content (AvgIpc) is 2.45. The number of carbonyl (C=O) groups excluding carboxylic acids is 1. The Morgan fingerprint density at radius 1 is 1.50 bits per heavy atom. The summed E-state index contributed by atoms with van der Waals surface area (Å²) in [6, 6.07) is 0. The average molecular weight is 196 g/mol. The Balaban J connectivity index is 2.43. The molecule has 2 nitrogen and oxygen atoms in total. The van der Waals surface area contributed by atoms with Gasteiger partial charge in [0.25, 0.3) is 0 Å². The van der Waals surface area contributed by atoms with E-state index in [4.69, 9.17) is 4.74 Å². The third-order valence-electron chi connectivity index (χ3n) is 2.80. The first kappa shape index (κ1) is 11.3. The minimum absolute atomic E-state index is 0.0378. The van der Waals surface area contributed by atoms with Crippen molar-refractivity contribution in [1.82, 2.24) is 0 Å². The van der Waals surface area contributed by atoms with Crippen molar-refractivity contribution in [3.63, 3.8) is 0 Å². The molecule has 0 aromatic carbocycles. The second-order valence-electron chi connectivity index (χ2n) is 4.11. The molecular weight excluding hydrogens is 176 g/mol. The van der Waals surface area contributed by atoms with Crippen molar-refractivity contribution in [3.05, 3.63) is 11.8 Å². The number of carbonyl (C=O) groups is 1. The monoisotopic (exact) mass is 196 g/mol. The van der Waals surface area contributed by atoms with Crippen molar-refractivity contribution in [1.29, 1.82) is 0 Å². The first-order valence-electron chi connectivity index (χ1n) is 5.59. The topological polar surface area (TPSA) is 26.3 Å². The highest BCUT2D eigenvalue weighted by Crippen LogP contribution is 2.26. The number of allylic oxidation sites excluding steroid dienone is 1. The molecule has 2 heteroatoms. The fourth-order valence-corrected chi connectivity index (χ4v) is 1.86. The number of hydrogen-bond donors (Lipinski definition) is 0. The van der Waals surface area contributed by atoms with Gasteiger partial charge in [0, 0.05) is 6.42 Å². The lowest BCUT2D eigenvalue weighted by molar-refractivity contribution is -0.139. The van der Waals surface area contributed by atoms with Gasteiger partial charge in [-0.25, -0.2) is 0 Å². The normalized spacial score (nSPS) is 23.2. The van der Waals surface area contributed by atoms with Crippen molar-refractivity contribution in [2.75, 3.05) is 0 Å². The third kappa shape index (κ3) is 2.86. The largest absolute Gasteiger partial charge is 0.431 e. The number of hydrogen-bond acceptors (Lipinski definition) is 2. The summed E-state index contributed by atoms with van der Waals surface area (Å²) in [5, 5.41) is 0. The molecule has 0 amide bonds. The SMILES string of the molecule is CCCC(CC)CC1=CC(C)C(=O)O1. The highest BCUT2D eigenvalue weighted by atomic mass is 16.5. The Morgan fingerprint density at radius 3 is 2.64 bits per heavy atom. The van der Waals surface area contributed by atoms with E-state index in [9.17, 15) is 4.79 Å². The number of cyclic esters (lactones) is 1. The summed E-state index contributed by atoms with van der Waals surface area (Å²) in [4.78, 5) is 11.1. The van der Waals surface area contributed by atoms with Crippen LogP contribution in [0, 0.1) is 11.8 Å². The lowest BCUT2D eigenvalue weighted by atomic mass is 9.96. The lowest BCUT2D eigenvalue weighted by Gasteiger charge is -2.13. The molecule has 1 aliphatic heterocycles. The van der Waals surface area contributed by atoms with Crippen LogP contribution in [0.15, 0.2) is 11.8 Å². The quantitative estimate of drug-likeness (QED) is 0.631. The predicted molar refractivity (Wildman–Crippen MR) is 56.6 cm³/mol. The van der Waals surface area contributed by atoms with Gasteiger partial charge in [-0.15, -0.1) is 0 Å². The maximum atomic E-state index is 11.1. The van der Waals surface area contributed by atoms with E-state index in [-0.39, 0.29) is 11.9 Å². The molecule has 1 heterocycles. The Kier molecular flexibility index (Phi) is 4.18. The van der Waals surface area contributed by atoms with Gasteiger partial charge in [-0.1, -0.05) is 33.1 Å². The Hall–Kier alpha value is -0.790. The molecular formula is C12H20O2. The fourth-order valence-electron chi connectivity index (χ4n) is 1.86. The van der Waals surface area contributed by atoms with Crippen molar-refractivity contribution in [2.24, 2.45) is 11.8 Å². The molecule has 80 valence electrons. The smallest absolute Gasteiger partial charge is 0.317 e. The van der Waals surface area contributed by atoms with Crippen LogP contribution in [-0.4, -0.2) is 5.97 Å². The zero-order chi connectivity index (χ0) is 10.6. The third-order valence-corrected chi connectivity index (χ3v) is 2.80. The van der Waals surface area contributed by atoms with Crippen LogP contribution in [0.25, 0.3) is 0 Å². The van der Waals surface area contributed by atoms with Crippen LogP contribution in [-0.2, 0) is 9.53 Å². The van der Waals surface area contributed by atoms with E-state index in [2.05, 4.69) is 13.8 Å². The first-order chi connectivity index (χ1) is 6.67. The van der Waals surface area contributed by atoms with Crippen LogP contribution in [0.2, 0.25) is 0 Å². The molecule has 0 fully saturated rings. The van der Waals surface area contributed by atoms with Crippen molar-refractivity contribution in [3.8, 4) is 0 Å². The van der Waals surface area contributed by atoms with E-state index in [0.717, 1.165) is 18.6 Å². The molecule has 0 aliphatic carbocycles. The summed E-state index contributed by atoms with van der Waals surface area (Å²) in [5.41, 5.74) is 0. The molecule has 1 rings (SSSR count). The molecule has 2 atom stereocenters. The van der Waals surface area contributed by atoms with Crippen LogP contribution >= 0.6 is 0 Å².